The highest BCUT2D eigenvalue weighted by Gasteiger charge is 2.55. The van der Waals surface area contributed by atoms with Crippen molar-refractivity contribution < 1.29 is 9.53 Å². The van der Waals surface area contributed by atoms with Crippen LogP contribution in [0.15, 0.2) is 87.5 Å². The lowest BCUT2D eigenvalue weighted by Crippen LogP contribution is -2.51. The summed E-state index contributed by atoms with van der Waals surface area (Å²) in [5.41, 5.74) is 1.90. The van der Waals surface area contributed by atoms with Crippen molar-refractivity contribution in [2.24, 2.45) is 23.2 Å². The third kappa shape index (κ3) is 3.88. The number of carbonyl (C=O) groups is 1. The van der Waals surface area contributed by atoms with Gasteiger partial charge in [0.15, 0.2) is 0 Å². The van der Waals surface area contributed by atoms with Crippen LogP contribution in [0.2, 0.25) is 0 Å². The Labute approximate surface area is 206 Å². The zero-order valence-electron chi connectivity index (χ0n) is 20.2. The van der Waals surface area contributed by atoms with Crippen molar-refractivity contribution in [3.63, 3.8) is 0 Å². The first-order chi connectivity index (χ1) is 16.5. The molecule has 0 unspecified atom stereocenters. The zero-order chi connectivity index (χ0) is 23.3. The van der Waals surface area contributed by atoms with Crippen molar-refractivity contribution in [3.8, 4) is 5.75 Å². The number of ether oxygens (including phenoxy) is 1. The highest BCUT2D eigenvalue weighted by Crippen LogP contribution is 2.60. The lowest BCUT2D eigenvalue weighted by molar-refractivity contribution is -0.161. The number of hydrogen-bond acceptors (Lipinski definition) is 2. The van der Waals surface area contributed by atoms with Crippen molar-refractivity contribution in [1.29, 1.82) is 0 Å². The maximum Gasteiger partial charge on any atom is 0.317 e. The molecule has 2 nitrogen and oxygen atoms in total. The van der Waals surface area contributed by atoms with E-state index in [9.17, 15) is 4.79 Å². The standard InChI is InChI=1S/C31H34O2S/c1-21-13-28(34(26-9-5-3-6-10-26)27-11-7-4-8-12-27)14-22(2)29(21)33-30(32)31-18-23-15-24(19-31)17-25(16-23)20-31/h3-14,23-25,34H,15-20H2,1-2H3. The van der Waals surface area contributed by atoms with E-state index in [-0.39, 0.29) is 11.4 Å². The molecule has 4 aliphatic rings. The average molecular weight is 471 g/mol. The van der Waals surface area contributed by atoms with Crippen molar-refractivity contribution in [1.82, 2.24) is 0 Å². The van der Waals surface area contributed by atoms with Crippen molar-refractivity contribution in [3.05, 3.63) is 83.9 Å². The van der Waals surface area contributed by atoms with Gasteiger partial charge in [0.2, 0.25) is 0 Å². The third-order valence-electron chi connectivity index (χ3n) is 8.40. The number of rotatable bonds is 5. The fourth-order valence-electron chi connectivity index (χ4n) is 7.38. The minimum absolute atomic E-state index is 0.0407. The molecule has 4 fully saturated rings. The van der Waals surface area contributed by atoms with Gasteiger partial charge >= 0.3 is 5.97 Å². The monoisotopic (exact) mass is 470 g/mol. The van der Waals surface area contributed by atoms with Crippen LogP contribution in [-0.4, -0.2) is 5.97 Å². The molecule has 0 aliphatic heterocycles. The van der Waals surface area contributed by atoms with Crippen LogP contribution < -0.4 is 4.74 Å². The molecule has 176 valence electrons. The summed E-state index contributed by atoms with van der Waals surface area (Å²) in [4.78, 5) is 17.6. The van der Waals surface area contributed by atoms with E-state index in [4.69, 9.17) is 4.74 Å². The fourth-order valence-corrected chi connectivity index (χ4v) is 9.86. The van der Waals surface area contributed by atoms with Gasteiger partial charge in [0, 0.05) is 0 Å². The van der Waals surface area contributed by atoms with E-state index in [1.54, 1.807) is 0 Å². The number of benzene rings is 3. The van der Waals surface area contributed by atoms with Gasteiger partial charge in [-0.25, -0.2) is 0 Å². The molecule has 0 spiro atoms. The summed E-state index contributed by atoms with van der Waals surface area (Å²) in [5.74, 6) is 3.04. The number of hydrogen-bond donors (Lipinski definition) is 1. The highest BCUT2D eigenvalue weighted by molar-refractivity contribution is 8.17. The molecular formula is C31H34O2S. The van der Waals surface area contributed by atoms with Gasteiger partial charge in [0.05, 0.1) is 5.41 Å². The van der Waals surface area contributed by atoms with E-state index in [0.29, 0.717) is 0 Å². The molecule has 0 aromatic heterocycles. The van der Waals surface area contributed by atoms with Gasteiger partial charge in [0.25, 0.3) is 0 Å². The van der Waals surface area contributed by atoms with E-state index < -0.39 is 10.9 Å². The van der Waals surface area contributed by atoms with Crippen molar-refractivity contribution in [2.45, 2.75) is 67.1 Å². The first kappa shape index (κ1) is 22.0. The molecule has 4 aliphatic carbocycles. The number of carbonyl (C=O) groups excluding carboxylic acids is 1. The van der Waals surface area contributed by atoms with Crippen molar-refractivity contribution in [2.75, 3.05) is 0 Å². The molecule has 0 saturated heterocycles. The predicted octanol–water partition coefficient (Wildman–Crippen LogP) is 7.90. The first-order valence-corrected chi connectivity index (χ1v) is 14.1. The maximum absolute atomic E-state index is 13.6. The minimum Gasteiger partial charge on any atom is -0.426 e. The molecule has 0 atom stereocenters. The van der Waals surface area contributed by atoms with Crippen LogP contribution in [0.5, 0.6) is 5.75 Å². The largest absolute Gasteiger partial charge is 0.426 e. The van der Waals surface area contributed by atoms with E-state index in [0.717, 1.165) is 53.9 Å². The quantitative estimate of drug-likeness (QED) is 0.233. The van der Waals surface area contributed by atoms with Crippen LogP contribution in [-0.2, 0) is 4.79 Å². The summed E-state index contributed by atoms with van der Waals surface area (Å²) in [5, 5.41) is 0. The van der Waals surface area contributed by atoms with Crippen LogP contribution in [0.4, 0.5) is 0 Å². The van der Waals surface area contributed by atoms with Crippen LogP contribution in [0.1, 0.15) is 49.7 Å². The molecule has 0 N–H and O–H groups in total. The molecule has 4 bridgehead atoms. The summed E-state index contributed by atoms with van der Waals surface area (Å²) < 4.78 is 6.28. The molecule has 3 heteroatoms. The van der Waals surface area contributed by atoms with Crippen molar-refractivity contribution >= 4 is 16.9 Å². The first-order valence-electron chi connectivity index (χ1n) is 12.7. The second-order valence-corrected chi connectivity index (χ2v) is 13.2. The van der Waals surface area contributed by atoms with Crippen LogP contribution in [0.25, 0.3) is 0 Å². The minimum atomic E-state index is -0.674. The van der Waals surface area contributed by atoms with Gasteiger partial charge < -0.3 is 4.74 Å². The van der Waals surface area contributed by atoms with Gasteiger partial charge in [-0.15, -0.1) is 0 Å². The van der Waals surface area contributed by atoms with Gasteiger partial charge in [0.1, 0.15) is 5.75 Å². The normalized spacial score (nSPS) is 27.5. The van der Waals surface area contributed by atoms with Crippen LogP contribution in [0.3, 0.4) is 0 Å². The van der Waals surface area contributed by atoms with Crippen LogP contribution in [0, 0.1) is 37.0 Å². The number of thiol groups is 1. The third-order valence-corrected chi connectivity index (χ3v) is 10.8. The van der Waals surface area contributed by atoms with Gasteiger partial charge in [-0.1, -0.05) is 36.4 Å². The SMILES string of the molecule is Cc1cc([SH](c2ccccc2)c2ccccc2)cc(C)c1OC(=O)C12CC3CC(CC(C3)C1)C2. The molecule has 0 heterocycles. The highest BCUT2D eigenvalue weighted by atomic mass is 32.2. The summed E-state index contributed by atoms with van der Waals surface area (Å²) in [6, 6.07) is 26.0. The van der Waals surface area contributed by atoms with E-state index in [2.05, 4.69) is 86.6 Å². The lowest BCUT2D eigenvalue weighted by Gasteiger charge is -2.55. The van der Waals surface area contributed by atoms with Crippen LogP contribution >= 0.6 is 10.9 Å². The Morgan fingerprint density at radius 1 is 0.735 bits per heavy atom. The van der Waals surface area contributed by atoms with Gasteiger partial charge in [-0.05, 0) is 132 Å². The second kappa shape index (κ2) is 8.61. The summed E-state index contributed by atoms with van der Waals surface area (Å²) in [7, 11) is -0.674. The molecule has 7 rings (SSSR count). The number of aryl methyl sites for hydroxylation is 2. The Morgan fingerprint density at radius 3 is 1.62 bits per heavy atom. The predicted molar refractivity (Wildman–Crippen MR) is 139 cm³/mol. The fraction of sp³-hybridized carbons (Fsp3) is 0.387. The van der Waals surface area contributed by atoms with Gasteiger partial charge in [-0.2, -0.15) is 10.9 Å². The Kier molecular flexibility index (Phi) is 5.56. The number of esters is 1. The molecule has 3 aromatic carbocycles. The summed E-state index contributed by atoms with van der Waals surface area (Å²) >= 11 is 0. The molecule has 0 amide bonds. The Hall–Kier alpha value is -2.52. The average Bonchev–Trinajstić information content (AvgIpc) is 2.82. The topological polar surface area (TPSA) is 26.3 Å². The van der Waals surface area contributed by atoms with Gasteiger partial charge in [-0.3, -0.25) is 4.79 Å². The second-order valence-electron chi connectivity index (χ2n) is 11.0. The Bertz CT molecular complexity index is 1100. The van der Waals surface area contributed by atoms with E-state index in [1.165, 1.54) is 33.9 Å². The summed E-state index contributed by atoms with van der Waals surface area (Å²) in [6.45, 7) is 4.20. The Balaban J connectivity index is 1.32. The smallest absolute Gasteiger partial charge is 0.317 e. The molecule has 0 radical (unpaired) electrons. The molecular weight excluding hydrogens is 436 g/mol. The van der Waals surface area contributed by atoms with E-state index in [1.807, 2.05) is 0 Å². The molecule has 34 heavy (non-hydrogen) atoms. The molecule has 3 aromatic rings. The maximum atomic E-state index is 13.6. The lowest BCUT2D eigenvalue weighted by atomic mass is 9.49. The Morgan fingerprint density at radius 2 is 1.18 bits per heavy atom. The summed E-state index contributed by atoms with van der Waals surface area (Å²) in [6.07, 6.45) is 7.13. The molecule has 4 saturated carbocycles. The zero-order valence-corrected chi connectivity index (χ0v) is 21.1. The van der Waals surface area contributed by atoms with E-state index >= 15 is 0 Å².